The summed E-state index contributed by atoms with van der Waals surface area (Å²) in [6.07, 6.45) is 0. The molecule has 2 aromatic carbocycles. The van der Waals surface area contributed by atoms with Gasteiger partial charge >= 0.3 is 0 Å². The number of methoxy groups -OCH3 is 1. The van der Waals surface area contributed by atoms with Gasteiger partial charge in [-0.1, -0.05) is 23.5 Å². The van der Waals surface area contributed by atoms with Gasteiger partial charge in [-0.2, -0.15) is 9.61 Å². The Kier molecular flexibility index (Phi) is 4.88. The third-order valence-corrected chi connectivity index (χ3v) is 4.82. The molecule has 0 aliphatic heterocycles. The molecule has 0 aliphatic carbocycles. The normalized spacial score (nSPS) is 10.9. The molecule has 2 heterocycles. The van der Waals surface area contributed by atoms with Crippen LogP contribution in [-0.4, -0.2) is 33.5 Å². The lowest BCUT2D eigenvalue weighted by molar-refractivity contribution is 0.292. The highest BCUT2D eigenvalue weighted by molar-refractivity contribution is 7.19. The summed E-state index contributed by atoms with van der Waals surface area (Å²) in [6, 6.07) is 15.3. The third kappa shape index (κ3) is 3.70. The quantitative estimate of drug-likeness (QED) is 0.484. The molecule has 0 N–H and O–H groups in total. The Morgan fingerprint density at radius 2 is 1.78 bits per heavy atom. The molecule has 4 aromatic rings. The van der Waals surface area contributed by atoms with Crippen molar-refractivity contribution in [2.45, 2.75) is 13.5 Å². The molecular formula is C19H18N4O3S. The van der Waals surface area contributed by atoms with E-state index < -0.39 is 0 Å². The van der Waals surface area contributed by atoms with E-state index in [0.717, 1.165) is 32.8 Å². The van der Waals surface area contributed by atoms with E-state index in [-0.39, 0.29) is 6.61 Å². The first-order valence-corrected chi connectivity index (χ1v) is 9.29. The van der Waals surface area contributed by atoms with Crippen LogP contribution in [0.1, 0.15) is 12.7 Å². The summed E-state index contributed by atoms with van der Waals surface area (Å²) in [6.45, 7) is 2.86. The van der Waals surface area contributed by atoms with Crippen LogP contribution in [0.25, 0.3) is 15.5 Å². The highest BCUT2D eigenvalue weighted by Crippen LogP contribution is 2.28. The van der Waals surface area contributed by atoms with Crippen molar-refractivity contribution in [3.05, 3.63) is 54.4 Å². The fourth-order valence-electron chi connectivity index (χ4n) is 2.57. The van der Waals surface area contributed by atoms with E-state index in [1.807, 2.05) is 55.5 Å². The summed E-state index contributed by atoms with van der Waals surface area (Å²) in [5.41, 5.74) is 0.985. The third-order valence-electron chi connectivity index (χ3n) is 3.87. The maximum Gasteiger partial charge on any atom is 0.235 e. The van der Waals surface area contributed by atoms with Gasteiger partial charge in [-0.25, -0.2) is 0 Å². The second-order valence-electron chi connectivity index (χ2n) is 5.64. The zero-order chi connectivity index (χ0) is 18.6. The van der Waals surface area contributed by atoms with Gasteiger partial charge in [-0.3, -0.25) is 0 Å². The fourth-order valence-corrected chi connectivity index (χ4v) is 3.42. The summed E-state index contributed by atoms with van der Waals surface area (Å²) < 4.78 is 18.2. The lowest BCUT2D eigenvalue weighted by atomic mass is 10.2. The summed E-state index contributed by atoms with van der Waals surface area (Å²) in [7, 11) is 1.63. The van der Waals surface area contributed by atoms with E-state index in [1.54, 1.807) is 11.6 Å². The van der Waals surface area contributed by atoms with E-state index in [9.17, 15) is 0 Å². The molecule has 0 bridgehead atoms. The van der Waals surface area contributed by atoms with Gasteiger partial charge in [0.2, 0.25) is 4.96 Å². The first kappa shape index (κ1) is 17.3. The van der Waals surface area contributed by atoms with Gasteiger partial charge in [-0.05, 0) is 43.3 Å². The van der Waals surface area contributed by atoms with Gasteiger partial charge in [-0.15, -0.1) is 10.2 Å². The van der Waals surface area contributed by atoms with Crippen LogP contribution < -0.4 is 14.2 Å². The van der Waals surface area contributed by atoms with Crippen molar-refractivity contribution in [2.75, 3.05) is 13.7 Å². The Balaban J connectivity index is 1.54. The largest absolute Gasteiger partial charge is 0.497 e. The fraction of sp³-hybridized carbons (Fsp3) is 0.211. The van der Waals surface area contributed by atoms with Crippen molar-refractivity contribution < 1.29 is 14.2 Å². The monoisotopic (exact) mass is 382 g/mol. The molecule has 138 valence electrons. The Labute approximate surface area is 160 Å². The van der Waals surface area contributed by atoms with Gasteiger partial charge in [0.25, 0.3) is 0 Å². The van der Waals surface area contributed by atoms with Gasteiger partial charge in [0, 0.05) is 5.56 Å². The van der Waals surface area contributed by atoms with Gasteiger partial charge < -0.3 is 14.2 Å². The summed E-state index contributed by atoms with van der Waals surface area (Å²) in [5, 5.41) is 13.9. The minimum atomic E-state index is 0.273. The predicted molar refractivity (Wildman–Crippen MR) is 103 cm³/mol. The van der Waals surface area contributed by atoms with Crippen molar-refractivity contribution in [3.63, 3.8) is 0 Å². The lowest BCUT2D eigenvalue weighted by Gasteiger charge is -2.05. The molecule has 0 spiro atoms. The van der Waals surface area contributed by atoms with Crippen molar-refractivity contribution >= 4 is 16.3 Å². The minimum Gasteiger partial charge on any atom is -0.497 e. The molecular weight excluding hydrogens is 364 g/mol. The Bertz CT molecular complexity index is 1040. The molecule has 0 unspecified atom stereocenters. The van der Waals surface area contributed by atoms with E-state index in [4.69, 9.17) is 14.2 Å². The molecule has 4 rings (SSSR count). The molecule has 0 fully saturated rings. The molecule has 7 nitrogen and oxygen atoms in total. The zero-order valence-corrected chi connectivity index (χ0v) is 15.8. The Hall–Kier alpha value is -3.13. The number of nitrogens with zero attached hydrogens (tertiary/aromatic N) is 4. The smallest absolute Gasteiger partial charge is 0.235 e. The van der Waals surface area contributed by atoms with Crippen LogP contribution in [0, 0.1) is 0 Å². The van der Waals surface area contributed by atoms with Crippen molar-refractivity contribution in [3.8, 4) is 27.8 Å². The molecule has 0 atom stereocenters. The number of hydrogen-bond acceptors (Lipinski definition) is 7. The van der Waals surface area contributed by atoms with Crippen LogP contribution in [-0.2, 0) is 6.61 Å². The van der Waals surface area contributed by atoms with Crippen LogP contribution in [0.5, 0.6) is 17.2 Å². The molecule has 0 amide bonds. The predicted octanol–water partition coefficient (Wildman–Crippen LogP) is 3.84. The number of fused-ring (bicyclic) bond motifs is 1. The standard InChI is InChI=1S/C19H18N4O3S/c1-3-25-16-6-4-5-13(11-16)18-22-23-17(20-21-19(23)27-18)12-26-15-9-7-14(24-2)8-10-15/h4-11H,3,12H2,1-2H3. The lowest BCUT2D eigenvalue weighted by Crippen LogP contribution is -2.02. The summed E-state index contributed by atoms with van der Waals surface area (Å²) in [5.74, 6) is 2.98. The van der Waals surface area contributed by atoms with Crippen LogP contribution in [0.15, 0.2) is 48.5 Å². The average Bonchev–Trinajstić information content (AvgIpc) is 3.28. The molecule has 0 aliphatic rings. The highest BCUT2D eigenvalue weighted by Gasteiger charge is 2.14. The maximum atomic E-state index is 5.79. The highest BCUT2D eigenvalue weighted by atomic mass is 32.1. The molecule has 2 aromatic heterocycles. The minimum absolute atomic E-state index is 0.273. The van der Waals surface area contributed by atoms with Crippen LogP contribution in [0.3, 0.4) is 0 Å². The molecule has 8 heteroatoms. The zero-order valence-electron chi connectivity index (χ0n) is 15.0. The number of benzene rings is 2. The first-order chi connectivity index (χ1) is 13.3. The molecule has 0 saturated carbocycles. The summed E-state index contributed by atoms with van der Waals surface area (Å²) >= 11 is 1.48. The number of hydrogen-bond donors (Lipinski definition) is 0. The van der Waals surface area contributed by atoms with E-state index in [0.29, 0.717) is 12.4 Å². The molecule has 0 radical (unpaired) electrons. The van der Waals surface area contributed by atoms with Gasteiger partial charge in [0.15, 0.2) is 5.82 Å². The van der Waals surface area contributed by atoms with Crippen molar-refractivity contribution in [1.82, 2.24) is 19.8 Å². The number of aromatic nitrogens is 4. The van der Waals surface area contributed by atoms with E-state index >= 15 is 0 Å². The maximum absolute atomic E-state index is 5.79. The van der Waals surface area contributed by atoms with Gasteiger partial charge in [0.05, 0.1) is 13.7 Å². The van der Waals surface area contributed by atoms with E-state index in [2.05, 4.69) is 15.3 Å². The summed E-state index contributed by atoms with van der Waals surface area (Å²) in [4.78, 5) is 0.722. The van der Waals surface area contributed by atoms with E-state index in [1.165, 1.54) is 11.3 Å². The Morgan fingerprint density at radius 1 is 0.963 bits per heavy atom. The Morgan fingerprint density at radius 3 is 2.56 bits per heavy atom. The van der Waals surface area contributed by atoms with Gasteiger partial charge in [0.1, 0.15) is 28.9 Å². The van der Waals surface area contributed by atoms with Crippen LogP contribution in [0.2, 0.25) is 0 Å². The molecule has 0 saturated heterocycles. The SMILES string of the molecule is CCOc1cccc(-c2nn3c(COc4ccc(OC)cc4)nnc3s2)c1. The van der Waals surface area contributed by atoms with Crippen LogP contribution in [0.4, 0.5) is 0 Å². The topological polar surface area (TPSA) is 70.8 Å². The second kappa shape index (κ2) is 7.63. The average molecular weight is 382 g/mol. The first-order valence-electron chi connectivity index (χ1n) is 8.48. The second-order valence-corrected chi connectivity index (χ2v) is 6.60. The molecule has 27 heavy (non-hydrogen) atoms. The number of rotatable bonds is 7. The van der Waals surface area contributed by atoms with Crippen LogP contribution >= 0.6 is 11.3 Å². The van der Waals surface area contributed by atoms with Crippen molar-refractivity contribution in [2.24, 2.45) is 0 Å². The number of ether oxygens (including phenoxy) is 3. The van der Waals surface area contributed by atoms with Crippen molar-refractivity contribution in [1.29, 1.82) is 0 Å².